The zero-order chi connectivity index (χ0) is 11.7. The molecule has 1 heterocycles. The number of amidine groups is 1. The molecule has 84 valence electrons. The lowest BCUT2D eigenvalue weighted by Gasteiger charge is -2.00. The molecule has 0 aromatic heterocycles. The Hall–Kier alpha value is -0.710. The summed E-state index contributed by atoms with van der Waals surface area (Å²) in [4.78, 5) is 15.5. The first-order chi connectivity index (χ1) is 7.56. The fraction of sp³-hybridized carbons (Fsp3) is 0.200. The number of nitrogens with one attached hydrogen (secondary N) is 1. The SMILES string of the molecule is CC1SC(=Nc2ccc(Cl)cc2Cl)NC1=O. The molecular weight excluding hydrogens is 267 g/mol. The van der Waals surface area contributed by atoms with Crippen molar-refractivity contribution in [2.45, 2.75) is 12.2 Å². The van der Waals surface area contributed by atoms with Crippen molar-refractivity contribution in [2.75, 3.05) is 0 Å². The van der Waals surface area contributed by atoms with E-state index in [1.165, 1.54) is 11.8 Å². The average Bonchev–Trinajstić information content (AvgIpc) is 2.51. The van der Waals surface area contributed by atoms with Gasteiger partial charge in [0.2, 0.25) is 5.91 Å². The minimum Gasteiger partial charge on any atom is -0.304 e. The molecule has 0 spiro atoms. The molecule has 2 rings (SSSR count). The maximum atomic E-state index is 11.2. The van der Waals surface area contributed by atoms with E-state index in [0.717, 1.165) is 0 Å². The Morgan fingerprint density at radius 2 is 2.19 bits per heavy atom. The third-order valence-electron chi connectivity index (χ3n) is 2.02. The number of amides is 1. The fourth-order valence-corrected chi connectivity index (χ4v) is 2.46. The minimum absolute atomic E-state index is 0.0335. The van der Waals surface area contributed by atoms with Crippen LogP contribution in [0.4, 0.5) is 5.69 Å². The number of aliphatic imine (C=N–C) groups is 1. The highest BCUT2D eigenvalue weighted by atomic mass is 35.5. The van der Waals surface area contributed by atoms with Crippen molar-refractivity contribution < 1.29 is 4.79 Å². The monoisotopic (exact) mass is 274 g/mol. The van der Waals surface area contributed by atoms with E-state index in [4.69, 9.17) is 23.2 Å². The van der Waals surface area contributed by atoms with E-state index < -0.39 is 0 Å². The standard InChI is InChI=1S/C10H8Cl2N2OS/c1-5-9(15)14-10(16-5)13-8-3-2-6(11)4-7(8)12/h2-5H,1H3,(H,13,14,15). The van der Waals surface area contributed by atoms with Gasteiger partial charge < -0.3 is 5.32 Å². The van der Waals surface area contributed by atoms with E-state index >= 15 is 0 Å². The van der Waals surface area contributed by atoms with Crippen LogP contribution < -0.4 is 5.32 Å². The van der Waals surface area contributed by atoms with Gasteiger partial charge in [0.1, 0.15) is 0 Å². The third-order valence-corrected chi connectivity index (χ3v) is 3.54. The number of hydrogen-bond donors (Lipinski definition) is 1. The van der Waals surface area contributed by atoms with E-state index in [1.807, 2.05) is 6.92 Å². The molecule has 3 nitrogen and oxygen atoms in total. The van der Waals surface area contributed by atoms with Crippen LogP contribution >= 0.6 is 35.0 Å². The average molecular weight is 275 g/mol. The van der Waals surface area contributed by atoms with Gasteiger partial charge in [-0.3, -0.25) is 4.79 Å². The third kappa shape index (κ3) is 2.51. The van der Waals surface area contributed by atoms with Crippen LogP contribution in [0.3, 0.4) is 0 Å². The van der Waals surface area contributed by atoms with Crippen molar-refractivity contribution in [3.05, 3.63) is 28.2 Å². The highest BCUT2D eigenvalue weighted by molar-refractivity contribution is 8.15. The Morgan fingerprint density at radius 1 is 1.44 bits per heavy atom. The predicted octanol–water partition coefficient (Wildman–Crippen LogP) is 3.23. The largest absolute Gasteiger partial charge is 0.304 e. The van der Waals surface area contributed by atoms with Gasteiger partial charge in [0.05, 0.1) is 16.0 Å². The molecule has 1 N–H and O–H groups in total. The van der Waals surface area contributed by atoms with Crippen LogP contribution in [0.1, 0.15) is 6.92 Å². The normalized spacial score (nSPS) is 22.6. The number of carbonyl (C=O) groups is 1. The molecular formula is C10H8Cl2N2OS. The van der Waals surface area contributed by atoms with Crippen LogP contribution in [0, 0.1) is 0 Å². The van der Waals surface area contributed by atoms with Gasteiger partial charge in [0.25, 0.3) is 0 Å². The number of benzene rings is 1. The summed E-state index contributed by atoms with van der Waals surface area (Å²) in [5.74, 6) is -0.0335. The lowest BCUT2D eigenvalue weighted by molar-refractivity contribution is -0.118. The van der Waals surface area contributed by atoms with Gasteiger partial charge in [-0.15, -0.1) is 0 Å². The predicted molar refractivity (Wildman–Crippen MR) is 68.8 cm³/mol. The summed E-state index contributed by atoms with van der Waals surface area (Å²) in [6, 6.07) is 5.04. The molecule has 0 bridgehead atoms. The Bertz CT molecular complexity index is 476. The van der Waals surface area contributed by atoms with Crippen LogP contribution in [0.2, 0.25) is 10.0 Å². The Kier molecular flexibility index (Phi) is 3.42. The van der Waals surface area contributed by atoms with E-state index in [1.54, 1.807) is 18.2 Å². The molecule has 1 saturated heterocycles. The van der Waals surface area contributed by atoms with Crippen molar-refractivity contribution in [2.24, 2.45) is 4.99 Å². The molecule has 1 unspecified atom stereocenters. The van der Waals surface area contributed by atoms with Crippen LogP contribution in [0.5, 0.6) is 0 Å². The van der Waals surface area contributed by atoms with Crippen LogP contribution in [-0.4, -0.2) is 16.3 Å². The number of thioether (sulfide) groups is 1. The maximum Gasteiger partial charge on any atom is 0.239 e. The van der Waals surface area contributed by atoms with Gasteiger partial charge in [-0.25, -0.2) is 4.99 Å². The first kappa shape index (κ1) is 11.8. The molecule has 1 fully saturated rings. The Balaban J connectivity index is 2.27. The van der Waals surface area contributed by atoms with Crippen molar-refractivity contribution in [1.29, 1.82) is 0 Å². The number of rotatable bonds is 1. The quantitative estimate of drug-likeness (QED) is 0.854. The van der Waals surface area contributed by atoms with Crippen LogP contribution in [-0.2, 0) is 4.79 Å². The molecule has 1 aromatic rings. The topological polar surface area (TPSA) is 41.5 Å². The number of halogens is 2. The molecule has 1 amide bonds. The van der Waals surface area contributed by atoms with Gasteiger partial charge in [0.15, 0.2) is 5.17 Å². The first-order valence-electron chi connectivity index (χ1n) is 4.57. The number of nitrogens with zero attached hydrogens (tertiary/aromatic N) is 1. The highest BCUT2D eigenvalue weighted by Crippen LogP contribution is 2.30. The molecule has 6 heteroatoms. The zero-order valence-corrected chi connectivity index (χ0v) is 10.7. The summed E-state index contributed by atoms with van der Waals surface area (Å²) >= 11 is 13.1. The van der Waals surface area contributed by atoms with Crippen molar-refractivity contribution in [3.8, 4) is 0 Å². The van der Waals surface area contributed by atoms with Gasteiger partial charge in [-0.2, -0.15) is 0 Å². The second-order valence-electron chi connectivity index (χ2n) is 3.26. The number of carbonyl (C=O) groups excluding carboxylic acids is 1. The molecule has 0 radical (unpaired) electrons. The van der Waals surface area contributed by atoms with Crippen molar-refractivity contribution >= 4 is 51.7 Å². The van der Waals surface area contributed by atoms with Gasteiger partial charge in [-0.05, 0) is 25.1 Å². The van der Waals surface area contributed by atoms with Gasteiger partial charge >= 0.3 is 0 Å². The van der Waals surface area contributed by atoms with Crippen LogP contribution in [0.15, 0.2) is 23.2 Å². The summed E-state index contributed by atoms with van der Waals surface area (Å²) in [7, 11) is 0. The first-order valence-corrected chi connectivity index (χ1v) is 6.21. The molecule has 16 heavy (non-hydrogen) atoms. The van der Waals surface area contributed by atoms with Gasteiger partial charge in [-0.1, -0.05) is 35.0 Å². The summed E-state index contributed by atoms with van der Waals surface area (Å²) in [5, 5.41) is 4.17. The lowest BCUT2D eigenvalue weighted by atomic mass is 10.3. The molecule has 1 aliphatic heterocycles. The van der Waals surface area contributed by atoms with E-state index in [9.17, 15) is 4.79 Å². The fourth-order valence-electron chi connectivity index (χ4n) is 1.19. The van der Waals surface area contributed by atoms with E-state index in [2.05, 4.69) is 10.3 Å². The summed E-state index contributed by atoms with van der Waals surface area (Å²) < 4.78 is 0. The number of hydrogen-bond acceptors (Lipinski definition) is 3. The van der Waals surface area contributed by atoms with Crippen LogP contribution in [0.25, 0.3) is 0 Å². The molecule has 1 aliphatic rings. The van der Waals surface area contributed by atoms with E-state index in [-0.39, 0.29) is 11.2 Å². The van der Waals surface area contributed by atoms with Crippen molar-refractivity contribution in [3.63, 3.8) is 0 Å². The zero-order valence-electron chi connectivity index (χ0n) is 8.33. The minimum atomic E-state index is -0.107. The highest BCUT2D eigenvalue weighted by Gasteiger charge is 2.25. The van der Waals surface area contributed by atoms with E-state index in [0.29, 0.717) is 20.9 Å². The molecule has 0 saturated carbocycles. The van der Waals surface area contributed by atoms with Gasteiger partial charge in [0, 0.05) is 5.02 Å². The summed E-state index contributed by atoms with van der Waals surface area (Å²) in [5.41, 5.74) is 0.600. The Morgan fingerprint density at radius 3 is 2.75 bits per heavy atom. The molecule has 1 aromatic carbocycles. The summed E-state index contributed by atoms with van der Waals surface area (Å²) in [6.45, 7) is 1.83. The second-order valence-corrected chi connectivity index (χ2v) is 5.44. The molecule has 0 aliphatic carbocycles. The second kappa shape index (κ2) is 4.65. The smallest absolute Gasteiger partial charge is 0.239 e. The molecule has 1 atom stereocenters. The maximum absolute atomic E-state index is 11.2. The summed E-state index contributed by atoms with van der Waals surface area (Å²) in [6.07, 6.45) is 0. The Labute approximate surface area is 107 Å². The lowest BCUT2D eigenvalue weighted by Crippen LogP contribution is -2.23. The van der Waals surface area contributed by atoms with Crippen molar-refractivity contribution in [1.82, 2.24) is 5.32 Å².